The van der Waals surface area contributed by atoms with Crippen LogP contribution in [0, 0.1) is 13.8 Å². The summed E-state index contributed by atoms with van der Waals surface area (Å²) in [6.45, 7) is 8.36. The molecule has 0 aromatic heterocycles. The molecular formula is C24H31N2O+. The standard InChI is InChI=1S/C24H31N2O/c1-19-10-8-11-20(2)23(19)25-15-9-14-22(24(25)27)26(16-6-7-17-26)18-21-12-4-3-5-13-21/h3-5,8,10-13,22H,6-7,9,14-18H2,1-2H3/q+1. The van der Waals surface area contributed by atoms with Crippen LogP contribution in [0.5, 0.6) is 0 Å². The van der Waals surface area contributed by atoms with E-state index in [1.54, 1.807) is 0 Å². The van der Waals surface area contributed by atoms with Gasteiger partial charge >= 0.3 is 0 Å². The first kappa shape index (κ1) is 18.2. The lowest BCUT2D eigenvalue weighted by atomic mass is 9.97. The van der Waals surface area contributed by atoms with Crippen LogP contribution in [0.15, 0.2) is 48.5 Å². The number of hydrogen-bond acceptors (Lipinski definition) is 1. The first-order chi connectivity index (χ1) is 13.1. The normalized spacial score (nSPS) is 22.2. The first-order valence-electron chi connectivity index (χ1n) is 10.4. The number of likely N-dealkylation sites (tertiary alicyclic amines) is 1. The molecule has 0 aliphatic carbocycles. The number of anilines is 1. The number of piperidine rings is 1. The predicted molar refractivity (Wildman–Crippen MR) is 111 cm³/mol. The summed E-state index contributed by atoms with van der Waals surface area (Å²) in [7, 11) is 0. The van der Waals surface area contributed by atoms with Gasteiger partial charge in [-0.1, -0.05) is 48.5 Å². The molecule has 27 heavy (non-hydrogen) atoms. The van der Waals surface area contributed by atoms with Crippen molar-refractivity contribution in [2.24, 2.45) is 0 Å². The van der Waals surface area contributed by atoms with E-state index < -0.39 is 0 Å². The number of aryl methyl sites for hydroxylation is 2. The minimum atomic E-state index is 0.0977. The van der Waals surface area contributed by atoms with Crippen molar-refractivity contribution in [2.45, 2.75) is 52.1 Å². The van der Waals surface area contributed by atoms with Crippen LogP contribution >= 0.6 is 0 Å². The summed E-state index contributed by atoms with van der Waals surface area (Å²) in [5.41, 5.74) is 4.92. The quantitative estimate of drug-likeness (QED) is 0.727. The van der Waals surface area contributed by atoms with Crippen molar-refractivity contribution in [3.05, 3.63) is 65.2 Å². The van der Waals surface area contributed by atoms with Gasteiger partial charge < -0.3 is 9.38 Å². The molecule has 2 saturated heterocycles. The van der Waals surface area contributed by atoms with Crippen LogP contribution in [0.2, 0.25) is 0 Å². The maximum Gasteiger partial charge on any atom is 0.285 e. The molecule has 2 fully saturated rings. The molecule has 2 aromatic carbocycles. The maximum absolute atomic E-state index is 13.7. The van der Waals surface area contributed by atoms with Gasteiger partial charge in [0.2, 0.25) is 0 Å². The Morgan fingerprint density at radius 2 is 1.59 bits per heavy atom. The van der Waals surface area contributed by atoms with Gasteiger partial charge in [-0.15, -0.1) is 0 Å². The Bertz CT molecular complexity index is 788. The SMILES string of the molecule is Cc1cccc(C)c1N1CCCC([N+]2(Cc3ccccc3)CCCC2)C1=O. The van der Waals surface area contributed by atoms with Crippen LogP contribution in [-0.2, 0) is 11.3 Å². The highest BCUT2D eigenvalue weighted by Crippen LogP contribution is 2.35. The molecular weight excluding hydrogens is 332 g/mol. The number of benzene rings is 2. The molecule has 1 unspecified atom stereocenters. The first-order valence-corrected chi connectivity index (χ1v) is 10.4. The minimum Gasteiger partial charge on any atom is -0.310 e. The van der Waals surface area contributed by atoms with Gasteiger partial charge in [0.25, 0.3) is 5.91 Å². The van der Waals surface area contributed by atoms with Crippen LogP contribution in [0.4, 0.5) is 5.69 Å². The van der Waals surface area contributed by atoms with Gasteiger partial charge in [-0.25, -0.2) is 0 Å². The summed E-state index contributed by atoms with van der Waals surface area (Å²) in [4.78, 5) is 15.8. The third-order valence-corrected chi connectivity index (χ3v) is 6.58. The molecule has 0 bridgehead atoms. The summed E-state index contributed by atoms with van der Waals surface area (Å²) < 4.78 is 0.949. The zero-order chi connectivity index (χ0) is 18.9. The number of carbonyl (C=O) groups excluding carboxylic acids is 1. The molecule has 1 amide bonds. The van der Waals surface area contributed by atoms with Gasteiger partial charge in [-0.2, -0.15) is 0 Å². The Kier molecular flexibility index (Phi) is 5.05. The second-order valence-electron chi connectivity index (χ2n) is 8.40. The Morgan fingerprint density at radius 1 is 0.926 bits per heavy atom. The molecule has 2 heterocycles. The number of nitrogens with zero attached hydrogens (tertiary/aromatic N) is 2. The highest BCUT2D eigenvalue weighted by atomic mass is 16.2. The van der Waals surface area contributed by atoms with E-state index in [0.29, 0.717) is 5.91 Å². The summed E-state index contributed by atoms with van der Waals surface area (Å²) >= 11 is 0. The van der Waals surface area contributed by atoms with Crippen molar-refractivity contribution in [3.8, 4) is 0 Å². The maximum atomic E-state index is 13.7. The number of rotatable bonds is 4. The van der Waals surface area contributed by atoms with Gasteiger partial charge in [-0.3, -0.25) is 4.79 Å². The van der Waals surface area contributed by atoms with Crippen LogP contribution in [-0.4, -0.2) is 36.1 Å². The molecule has 0 spiro atoms. The molecule has 0 saturated carbocycles. The van der Waals surface area contributed by atoms with Gasteiger partial charge in [0.15, 0.2) is 6.04 Å². The van der Waals surface area contributed by atoms with Crippen LogP contribution in [0.1, 0.15) is 42.4 Å². The highest BCUT2D eigenvalue weighted by molar-refractivity contribution is 5.98. The third kappa shape index (κ3) is 3.41. The van der Waals surface area contributed by atoms with Crippen molar-refractivity contribution >= 4 is 11.6 Å². The monoisotopic (exact) mass is 363 g/mol. The van der Waals surface area contributed by atoms with Crippen molar-refractivity contribution in [3.63, 3.8) is 0 Å². The summed E-state index contributed by atoms with van der Waals surface area (Å²) in [6.07, 6.45) is 4.59. The number of amides is 1. The topological polar surface area (TPSA) is 20.3 Å². The summed E-state index contributed by atoms with van der Waals surface area (Å²) in [5.74, 6) is 0.344. The third-order valence-electron chi connectivity index (χ3n) is 6.58. The fraction of sp³-hybridized carbons (Fsp3) is 0.458. The van der Waals surface area contributed by atoms with Crippen molar-refractivity contribution in [2.75, 3.05) is 24.5 Å². The summed E-state index contributed by atoms with van der Waals surface area (Å²) in [5, 5.41) is 0. The minimum absolute atomic E-state index is 0.0977. The molecule has 1 atom stereocenters. The van der Waals surface area contributed by atoms with E-state index in [9.17, 15) is 4.79 Å². The lowest BCUT2D eigenvalue weighted by molar-refractivity contribution is -0.944. The fourth-order valence-electron chi connectivity index (χ4n) is 5.31. The Labute approximate surface area is 163 Å². The van der Waals surface area contributed by atoms with Crippen LogP contribution in [0.25, 0.3) is 0 Å². The van der Waals surface area contributed by atoms with Gasteiger partial charge in [0, 0.05) is 37.1 Å². The molecule has 142 valence electrons. The van der Waals surface area contributed by atoms with Gasteiger partial charge in [0.1, 0.15) is 6.54 Å². The smallest absolute Gasteiger partial charge is 0.285 e. The summed E-state index contributed by atoms with van der Waals surface area (Å²) in [6, 6.07) is 17.2. The second-order valence-corrected chi connectivity index (χ2v) is 8.40. The van der Waals surface area contributed by atoms with E-state index in [4.69, 9.17) is 0 Å². The van der Waals surface area contributed by atoms with Crippen molar-refractivity contribution in [1.82, 2.24) is 0 Å². The van der Waals surface area contributed by atoms with E-state index in [0.717, 1.165) is 49.2 Å². The number of carbonyl (C=O) groups is 1. The number of hydrogen-bond donors (Lipinski definition) is 0. The average molecular weight is 364 g/mol. The molecule has 4 rings (SSSR count). The molecule has 3 heteroatoms. The molecule has 2 aliphatic heterocycles. The molecule has 2 aromatic rings. The van der Waals surface area contributed by atoms with Gasteiger partial charge in [0.05, 0.1) is 13.1 Å². The van der Waals surface area contributed by atoms with Crippen LogP contribution < -0.4 is 4.90 Å². The zero-order valence-electron chi connectivity index (χ0n) is 16.7. The fourth-order valence-corrected chi connectivity index (χ4v) is 5.31. The average Bonchev–Trinajstić information content (AvgIpc) is 3.13. The largest absolute Gasteiger partial charge is 0.310 e. The number of para-hydroxylation sites is 1. The van der Waals surface area contributed by atoms with Crippen LogP contribution in [0.3, 0.4) is 0 Å². The van der Waals surface area contributed by atoms with Crippen molar-refractivity contribution in [1.29, 1.82) is 0 Å². The Hall–Kier alpha value is -2.13. The second kappa shape index (κ2) is 7.47. The lowest BCUT2D eigenvalue weighted by Crippen LogP contribution is -2.62. The van der Waals surface area contributed by atoms with E-state index in [2.05, 4.69) is 67.3 Å². The zero-order valence-corrected chi connectivity index (χ0v) is 16.7. The Balaban J connectivity index is 1.66. The Morgan fingerprint density at radius 3 is 2.26 bits per heavy atom. The molecule has 0 radical (unpaired) electrons. The predicted octanol–water partition coefficient (Wildman–Crippen LogP) is 4.61. The van der Waals surface area contributed by atoms with E-state index >= 15 is 0 Å². The highest BCUT2D eigenvalue weighted by Gasteiger charge is 2.47. The molecule has 2 aliphatic rings. The molecule has 0 N–H and O–H groups in total. The number of quaternary nitrogens is 1. The van der Waals surface area contributed by atoms with E-state index in [-0.39, 0.29) is 6.04 Å². The van der Waals surface area contributed by atoms with Gasteiger partial charge in [-0.05, 0) is 31.4 Å². The van der Waals surface area contributed by atoms with E-state index in [1.807, 2.05) is 0 Å². The lowest BCUT2D eigenvalue weighted by Gasteiger charge is -2.45. The molecule has 3 nitrogen and oxygen atoms in total. The van der Waals surface area contributed by atoms with Crippen molar-refractivity contribution < 1.29 is 9.28 Å². The van der Waals surface area contributed by atoms with E-state index in [1.165, 1.54) is 29.5 Å².